The van der Waals surface area contributed by atoms with Crippen molar-refractivity contribution in [3.8, 4) is 17.2 Å². The lowest BCUT2D eigenvalue weighted by molar-refractivity contribution is -0.160. The molecule has 0 atom stereocenters. The lowest BCUT2D eigenvalue weighted by Crippen LogP contribution is -2.33. The molecule has 16 nitrogen and oxygen atoms in total. The van der Waals surface area contributed by atoms with Gasteiger partial charge in [-0.05, 0) is 173 Å². The van der Waals surface area contributed by atoms with Crippen molar-refractivity contribution in [1.82, 2.24) is 4.57 Å². The van der Waals surface area contributed by atoms with Crippen molar-refractivity contribution >= 4 is 91.3 Å². The summed E-state index contributed by atoms with van der Waals surface area (Å²) < 4.78 is 51.3. The van der Waals surface area contributed by atoms with E-state index in [9.17, 15) is 33.6 Å². The van der Waals surface area contributed by atoms with Crippen LogP contribution in [0.2, 0.25) is 0 Å². The number of ether oxygens (including phenoxy) is 8. The number of nitrogens with zero attached hydrogens (tertiary/aromatic N) is 1. The maximum absolute atomic E-state index is 14.6. The van der Waals surface area contributed by atoms with Crippen molar-refractivity contribution < 1.29 is 66.7 Å². The quantitative estimate of drug-likeness (QED) is 0.0179. The molecule has 0 amide bonds. The molecule has 0 N–H and O–H groups in total. The topological polar surface area (TPSA) is 198 Å². The Hall–Kier alpha value is -5.99. The Balaban J connectivity index is 0.813. The molecule has 0 bridgehead atoms. The van der Waals surface area contributed by atoms with Gasteiger partial charge in [0.25, 0.3) is 5.56 Å². The van der Waals surface area contributed by atoms with Gasteiger partial charge >= 0.3 is 35.8 Å². The van der Waals surface area contributed by atoms with Crippen molar-refractivity contribution in [2.45, 2.75) is 202 Å². The average molecular weight is 1260 g/mol. The molecule has 0 unspecified atom stereocenters. The number of carbonyl (C=O) groups excluding carboxylic acids is 6. The van der Waals surface area contributed by atoms with Gasteiger partial charge in [-0.2, -0.15) is 0 Å². The predicted molar refractivity (Wildman–Crippen MR) is 341 cm³/mol. The number of thioether (sulfide) groups is 2. The number of hydrogen-bond donors (Lipinski definition) is 0. The molecule has 9 rings (SSSR count). The van der Waals surface area contributed by atoms with Crippen molar-refractivity contribution in [3.63, 3.8) is 0 Å². The Bertz CT molecular complexity index is 3130. The summed E-state index contributed by atoms with van der Waals surface area (Å²) >= 11 is 4.07. The van der Waals surface area contributed by atoms with Crippen molar-refractivity contribution in [3.05, 3.63) is 99.5 Å². The minimum atomic E-state index is -0.467. The molecule has 5 aliphatic rings. The Labute approximate surface area is 528 Å². The van der Waals surface area contributed by atoms with E-state index in [4.69, 9.17) is 37.9 Å². The first kappa shape index (κ1) is 66.4. The zero-order chi connectivity index (χ0) is 61.9. The molecule has 19 heteroatoms. The van der Waals surface area contributed by atoms with Crippen LogP contribution in [0.3, 0.4) is 0 Å². The molecule has 4 aromatic rings. The van der Waals surface area contributed by atoms with Crippen LogP contribution in [-0.4, -0.2) is 91.2 Å². The molecule has 88 heavy (non-hydrogen) atoms. The fourth-order valence-corrected chi connectivity index (χ4v) is 16.3. The second-order valence-electron chi connectivity index (χ2n) is 24.0. The van der Waals surface area contributed by atoms with Crippen molar-refractivity contribution in [2.24, 2.45) is 23.7 Å². The van der Waals surface area contributed by atoms with E-state index in [2.05, 4.69) is 13.2 Å². The van der Waals surface area contributed by atoms with Gasteiger partial charge in [0.15, 0.2) is 11.5 Å². The number of benzene rings is 3. The van der Waals surface area contributed by atoms with Gasteiger partial charge in [0, 0.05) is 36.1 Å². The highest BCUT2D eigenvalue weighted by Gasteiger charge is 2.39. The molecule has 474 valence electrons. The molecule has 4 aliphatic carbocycles. The second kappa shape index (κ2) is 33.2. The van der Waals surface area contributed by atoms with Crippen LogP contribution in [-0.2, 0) is 57.2 Å². The number of esters is 6. The third-order valence-corrected chi connectivity index (χ3v) is 21.7. The highest BCUT2D eigenvalue weighted by molar-refractivity contribution is 8.32. The standard InChI is InChI=1S/C69H85NO15S3/c1-5-56(71)80-42-18-9-7-16-40-78-50-32-36-52(37-33-50)82-65(74)45-24-28-47(29-25-45)67(76)84-58-54-22-14-15-23-55(54)59(61-60(58)87-69(88-61)62-63(73)70(64(86-62)44(3)4)49-20-12-11-13-21-49)85-68(77)48-30-26-46(27-31-48)66(75)83-53-38-34-51(35-39-53)79-41-17-8-10-19-43-81-57(72)6-2/h5-6,11-15,20-23,45-48,50-53H,1-2,7-10,16-19,24-43H2,3-4H3. The number of fused-ring (bicyclic) bond motifs is 2. The Morgan fingerprint density at radius 2 is 0.864 bits per heavy atom. The first-order valence-electron chi connectivity index (χ1n) is 31.9. The normalized spacial score (nSPS) is 22.6. The van der Waals surface area contributed by atoms with Crippen LogP contribution in [0.1, 0.15) is 168 Å². The highest BCUT2D eigenvalue weighted by atomic mass is 32.2. The highest BCUT2D eigenvalue weighted by Crippen LogP contribution is 2.61. The molecule has 0 spiro atoms. The van der Waals surface area contributed by atoms with E-state index in [1.807, 2.05) is 68.4 Å². The first-order valence-corrected chi connectivity index (χ1v) is 34.3. The summed E-state index contributed by atoms with van der Waals surface area (Å²) in [6.07, 6.45) is 19.8. The smallest absolute Gasteiger partial charge is 0.330 e. The minimum Gasteiger partial charge on any atom is -0.463 e. The van der Waals surface area contributed by atoms with Gasteiger partial charge < -0.3 is 37.9 Å². The molecule has 0 radical (unpaired) electrons. The monoisotopic (exact) mass is 1260 g/mol. The largest absolute Gasteiger partial charge is 0.463 e. The van der Waals surface area contributed by atoms with Crippen LogP contribution in [0.15, 0.2) is 94.5 Å². The van der Waals surface area contributed by atoms with Crippen LogP contribution >= 0.6 is 34.9 Å². The van der Waals surface area contributed by atoms with Crippen LogP contribution < -0.4 is 24.2 Å². The third-order valence-electron chi connectivity index (χ3n) is 17.5. The fourth-order valence-electron chi connectivity index (χ4n) is 12.4. The van der Waals surface area contributed by atoms with E-state index in [0.29, 0.717) is 119 Å². The molecule has 4 saturated carbocycles. The number of hydrogen-bond acceptors (Lipinski definition) is 18. The maximum Gasteiger partial charge on any atom is 0.330 e. The number of unbranched alkanes of at least 4 members (excludes halogenated alkanes) is 6. The second-order valence-corrected chi connectivity index (χ2v) is 27.3. The molecule has 1 aliphatic heterocycles. The summed E-state index contributed by atoms with van der Waals surface area (Å²) in [5.41, 5.74) is 1.52. The summed E-state index contributed by atoms with van der Waals surface area (Å²) in [4.78, 5) is 94.3. The molecule has 1 aromatic heterocycles. The Kier molecular flexibility index (Phi) is 25.1. The Morgan fingerprint density at radius 3 is 1.26 bits per heavy atom. The van der Waals surface area contributed by atoms with E-state index in [0.717, 1.165) is 119 Å². The van der Waals surface area contributed by atoms with Gasteiger partial charge in [-0.3, -0.25) is 28.5 Å². The maximum atomic E-state index is 14.6. The summed E-state index contributed by atoms with van der Waals surface area (Å²) in [5, 5.41) is 1.17. The van der Waals surface area contributed by atoms with E-state index in [-0.39, 0.29) is 53.7 Å². The average Bonchev–Trinajstić information content (AvgIpc) is 1.66. The van der Waals surface area contributed by atoms with Crippen molar-refractivity contribution in [1.29, 1.82) is 0 Å². The summed E-state index contributed by atoms with van der Waals surface area (Å²) in [6, 6.07) is 17.0. The number of aromatic nitrogens is 1. The first-order chi connectivity index (χ1) is 42.8. The summed E-state index contributed by atoms with van der Waals surface area (Å²) in [6.45, 7) is 12.9. The predicted octanol–water partition coefficient (Wildman–Crippen LogP) is 13.0. The van der Waals surface area contributed by atoms with Gasteiger partial charge in [0.1, 0.15) is 21.4 Å². The Morgan fingerprint density at radius 1 is 0.489 bits per heavy atom. The SMILES string of the molecule is C=CC(=O)OCCCCCCOC1CCC(OC(=O)C2CCC(C(=O)Oc3c4c(c(OC(=O)C5CCC(C(=O)OC6CCC(OCCCCCCOC(=O)C=C)CC6)CC5)c5ccccc35)SC(=c3sc(=C(C)C)n(-c5ccccc5)c3=O)S4)CC2)CC1. The lowest BCUT2D eigenvalue weighted by Gasteiger charge is -2.31. The third kappa shape index (κ3) is 17.9. The minimum absolute atomic E-state index is 0.142. The lowest BCUT2D eigenvalue weighted by atomic mass is 9.82. The molecular weight excluding hydrogens is 1180 g/mol. The van der Waals surface area contributed by atoms with Gasteiger partial charge in [-0.1, -0.05) is 92.0 Å². The summed E-state index contributed by atoms with van der Waals surface area (Å²) in [5.74, 6) is -2.93. The number of para-hydroxylation sites is 1. The number of carbonyl (C=O) groups is 6. The molecule has 4 fully saturated rings. The molecule has 0 saturated heterocycles. The van der Waals surface area contributed by atoms with Crippen LogP contribution in [0.4, 0.5) is 0 Å². The number of thiazole rings is 1. The van der Waals surface area contributed by atoms with Gasteiger partial charge in [-0.25, -0.2) is 9.59 Å². The van der Waals surface area contributed by atoms with Crippen LogP contribution in [0.5, 0.6) is 11.5 Å². The molecule has 3 aromatic carbocycles. The molecular formula is C69H85NO15S3. The van der Waals surface area contributed by atoms with Crippen LogP contribution in [0, 0.1) is 23.7 Å². The van der Waals surface area contributed by atoms with Crippen LogP contribution in [0.25, 0.3) is 26.3 Å². The van der Waals surface area contributed by atoms with Gasteiger partial charge in [0.05, 0.1) is 68.8 Å². The van der Waals surface area contributed by atoms with Gasteiger partial charge in [0.2, 0.25) is 0 Å². The van der Waals surface area contributed by atoms with E-state index < -0.39 is 35.7 Å². The fraction of sp³-hybridized carbons (Fsp3) is 0.551. The van der Waals surface area contributed by atoms with E-state index >= 15 is 0 Å². The van der Waals surface area contributed by atoms with Crippen molar-refractivity contribution in [2.75, 3.05) is 26.4 Å². The zero-order valence-electron chi connectivity index (χ0n) is 51.0. The van der Waals surface area contributed by atoms with E-state index in [1.165, 1.54) is 47.0 Å². The van der Waals surface area contributed by atoms with Gasteiger partial charge in [-0.15, -0.1) is 11.3 Å². The summed E-state index contributed by atoms with van der Waals surface area (Å²) in [7, 11) is 0. The number of rotatable bonds is 27. The zero-order valence-corrected chi connectivity index (χ0v) is 53.4. The molecule has 2 heterocycles. The van der Waals surface area contributed by atoms with E-state index in [1.54, 1.807) is 4.57 Å².